The molecule has 5 nitrogen and oxygen atoms in total. The van der Waals surface area contributed by atoms with E-state index in [1.54, 1.807) is 10.8 Å². The molecule has 0 unspecified atom stereocenters. The third kappa shape index (κ3) is 3.19. The van der Waals surface area contributed by atoms with Crippen LogP contribution in [0, 0.1) is 6.92 Å². The Kier molecular flexibility index (Phi) is 4.45. The number of hydrogen-bond acceptors (Lipinski definition) is 4. The first kappa shape index (κ1) is 18.3. The Balaban J connectivity index is 1.75. The first-order valence-corrected chi connectivity index (χ1v) is 9.89. The van der Waals surface area contributed by atoms with E-state index >= 15 is 0 Å². The standard InChI is InChI=1S/C25H21N3O2/c1-16-5-7-22-21(11-16)25(29)28(15-18-4-2-3-17(12-18)14-26)24(27-22)20-6-8-23-19(13-20)9-10-30-23/h2-13H,14-15,26H2,1H3. The van der Waals surface area contributed by atoms with Gasteiger partial charge in [0.15, 0.2) is 0 Å². The first-order chi connectivity index (χ1) is 14.6. The Bertz CT molecular complexity index is 1450. The summed E-state index contributed by atoms with van der Waals surface area (Å²) in [6, 6.07) is 21.6. The first-order valence-electron chi connectivity index (χ1n) is 9.89. The van der Waals surface area contributed by atoms with Crippen LogP contribution in [0.25, 0.3) is 33.3 Å². The lowest BCUT2D eigenvalue weighted by Gasteiger charge is -2.15. The number of aryl methyl sites for hydroxylation is 1. The van der Waals surface area contributed by atoms with Crippen LogP contribution >= 0.6 is 0 Å². The van der Waals surface area contributed by atoms with Crippen molar-refractivity contribution in [2.24, 2.45) is 5.73 Å². The summed E-state index contributed by atoms with van der Waals surface area (Å²) in [5.41, 5.74) is 11.2. The van der Waals surface area contributed by atoms with Crippen LogP contribution in [0.2, 0.25) is 0 Å². The van der Waals surface area contributed by atoms with E-state index in [2.05, 4.69) is 0 Å². The molecule has 0 amide bonds. The number of aromatic nitrogens is 2. The fourth-order valence-electron chi connectivity index (χ4n) is 3.85. The van der Waals surface area contributed by atoms with Crippen LogP contribution in [0.5, 0.6) is 0 Å². The zero-order valence-electron chi connectivity index (χ0n) is 16.6. The molecule has 0 aliphatic heterocycles. The summed E-state index contributed by atoms with van der Waals surface area (Å²) < 4.78 is 7.22. The molecule has 0 spiro atoms. The summed E-state index contributed by atoms with van der Waals surface area (Å²) in [4.78, 5) is 18.4. The Labute approximate surface area is 173 Å². The molecule has 2 N–H and O–H groups in total. The maximum Gasteiger partial charge on any atom is 0.261 e. The molecule has 30 heavy (non-hydrogen) atoms. The number of rotatable bonds is 4. The molecule has 0 saturated carbocycles. The van der Waals surface area contributed by atoms with E-state index < -0.39 is 0 Å². The summed E-state index contributed by atoms with van der Waals surface area (Å²) in [6.45, 7) is 2.86. The van der Waals surface area contributed by atoms with Gasteiger partial charge in [0.2, 0.25) is 0 Å². The van der Waals surface area contributed by atoms with Crippen LogP contribution in [0.4, 0.5) is 0 Å². The van der Waals surface area contributed by atoms with E-state index in [1.165, 1.54) is 0 Å². The normalized spacial score (nSPS) is 11.4. The maximum atomic E-state index is 13.5. The van der Waals surface area contributed by atoms with Crippen LogP contribution in [0.3, 0.4) is 0 Å². The third-order valence-electron chi connectivity index (χ3n) is 5.39. The van der Waals surface area contributed by atoms with Gasteiger partial charge in [-0.1, -0.05) is 35.9 Å². The van der Waals surface area contributed by atoms with Crippen molar-refractivity contribution >= 4 is 21.9 Å². The van der Waals surface area contributed by atoms with Crippen molar-refractivity contribution in [3.05, 3.63) is 100 Å². The summed E-state index contributed by atoms with van der Waals surface area (Å²) in [6.07, 6.45) is 1.66. The quantitative estimate of drug-likeness (QED) is 0.482. The second-order valence-electron chi connectivity index (χ2n) is 7.54. The van der Waals surface area contributed by atoms with Gasteiger partial charge in [-0.2, -0.15) is 0 Å². The molecule has 0 bridgehead atoms. The van der Waals surface area contributed by atoms with Crippen LogP contribution in [-0.2, 0) is 13.1 Å². The molecule has 3 aromatic carbocycles. The highest BCUT2D eigenvalue weighted by Crippen LogP contribution is 2.25. The SMILES string of the molecule is Cc1ccc2nc(-c3ccc4occc4c3)n(Cc3cccc(CN)c3)c(=O)c2c1. The highest BCUT2D eigenvalue weighted by atomic mass is 16.3. The summed E-state index contributed by atoms with van der Waals surface area (Å²) in [7, 11) is 0. The van der Waals surface area contributed by atoms with Gasteiger partial charge >= 0.3 is 0 Å². The van der Waals surface area contributed by atoms with Crippen LogP contribution in [-0.4, -0.2) is 9.55 Å². The van der Waals surface area contributed by atoms with Crippen LogP contribution < -0.4 is 11.3 Å². The average Bonchev–Trinajstić information content (AvgIpc) is 3.24. The van der Waals surface area contributed by atoms with Crippen molar-refractivity contribution in [3.63, 3.8) is 0 Å². The molecule has 0 fully saturated rings. The molecule has 2 heterocycles. The van der Waals surface area contributed by atoms with Crippen LogP contribution in [0.1, 0.15) is 16.7 Å². The molecule has 0 aliphatic rings. The predicted octanol–water partition coefficient (Wildman–Crippen LogP) is 4.63. The monoisotopic (exact) mass is 395 g/mol. The molecular weight excluding hydrogens is 374 g/mol. The molecule has 2 aromatic heterocycles. The smallest absolute Gasteiger partial charge is 0.261 e. The van der Waals surface area contributed by atoms with Crippen molar-refractivity contribution in [2.45, 2.75) is 20.0 Å². The number of hydrogen-bond donors (Lipinski definition) is 1. The molecule has 5 rings (SSSR count). The van der Waals surface area contributed by atoms with Gasteiger partial charge in [0.25, 0.3) is 5.56 Å². The van der Waals surface area contributed by atoms with Gasteiger partial charge in [-0.05, 0) is 54.4 Å². The van der Waals surface area contributed by atoms with Gasteiger partial charge in [0.05, 0.1) is 23.7 Å². The van der Waals surface area contributed by atoms with Gasteiger partial charge in [0, 0.05) is 17.5 Å². The zero-order chi connectivity index (χ0) is 20.7. The summed E-state index contributed by atoms with van der Waals surface area (Å²) in [5.74, 6) is 0.637. The van der Waals surface area contributed by atoms with Gasteiger partial charge in [-0.15, -0.1) is 0 Å². The van der Waals surface area contributed by atoms with E-state index in [1.807, 2.05) is 73.7 Å². The molecule has 148 valence electrons. The molecule has 0 saturated heterocycles. The zero-order valence-corrected chi connectivity index (χ0v) is 16.6. The largest absolute Gasteiger partial charge is 0.464 e. The van der Waals surface area contributed by atoms with Crippen molar-refractivity contribution in [3.8, 4) is 11.4 Å². The molecule has 0 radical (unpaired) electrons. The maximum absolute atomic E-state index is 13.5. The molecule has 5 aromatic rings. The van der Waals surface area contributed by atoms with Crippen LogP contribution in [0.15, 0.2) is 82.2 Å². The summed E-state index contributed by atoms with van der Waals surface area (Å²) >= 11 is 0. The fourth-order valence-corrected chi connectivity index (χ4v) is 3.85. The van der Waals surface area contributed by atoms with E-state index in [9.17, 15) is 4.79 Å². The second kappa shape index (κ2) is 7.28. The average molecular weight is 395 g/mol. The Morgan fingerprint density at radius 2 is 1.87 bits per heavy atom. The van der Waals surface area contributed by atoms with Crippen molar-refractivity contribution in [1.82, 2.24) is 9.55 Å². The minimum Gasteiger partial charge on any atom is -0.464 e. The van der Waals surface area contributed by atoms with E-state index in [4.69, 9.17) is 15.1 Å². The Hall–Kier alpha value is -3.70. The molecule has 5 heteroatoms. The number of nitrogens with two attached hydrogens (primary N) is 1. The van der Waals surface area contributed by atoms with E-state index in [0.29, 0.717) is 29.8 Å². The van der Waals surface area contributed by atoms with Crippen molar-refractivity contribution < 1.29 is 4.42 Å². The van der Waals surface area contributed by atoms with E-state index in [-0.39, 0.29) is 5.56 Å². The second-order valence-corrected chi connectivity index (χ2v) is 7.54. The lowest BCUT2D eigenvalue weighted by molar-refractivity contribution is 0.616. The number of furan rings is 1. The molecule has 0 atom stereocenters. The van der Waals surface area contributed by atoms with E-state index in [0.717, 1.165) is 33.2 Å². The molecular formula is C25H21N3O2. The van der Waals surface area contributed by atoms with Crippen molar-refractivity contribution in [1.29, 1.82) is 0 Å². The summed E-state index contributed by atoms with van der Waals surface area (Å²) in [5, 5.41) is 1.60. The Morgan fingerprint density at radius 1 is 1.00 bits per heavy atom. The minimum absolute atomic E-state index is 0.0517. The number of nitrogens with zero attached hydrogens (tertiary/aromatic N) is 2. The van der Waals surface area contributed by atoms with Crippen molar-refractivity contribution in [2.75, 3.05) is 0 Å². The Morgan fingerprint density at radius 3 is 2.73 bits per heavy atom. The van der Waals surface area contributed by atoms with Gasteiger partial charge in [-0.25, -0.2) is 4.98 Å². The highest BCUT2D eigenvalue weighted by Gasteiger charge is 2.15. The fraction of sp³-hybridized carbons (Fsp3) is 0.120. The van der Waals surface area contributed by atoms with Gasteiger partial charge < -0.3 is 10.2 Å². The third-order valence-corrected chi connectivity index (χ3v) is 5.39. The topological polar surface area (TPSA) is 74.1 Å². The number of fused-ring (bicyclic) bond motifs is 2. The van der Waals surface area contributed by atoms with Gasteiger partial charge in [-0.3, -0.25) is 9.36 Å². The minimum atomic E-state index is -0.0517. The van der Waals surface area contributed by atoms with Gasteiger partial charge in [0.1, 0.15) is 11.4 Å². The predicted molar refractivity (Wildman–Crippen MR) is 119 cm³/mol. The molecule has 0 aliphatic carbocycles. The lowest BCUT2D eigenvalue weighted by atomic mass is 10.1. The number of benzene rings is 3. The lowest BCUT2D eigenvalue weighted by Crippen LogP contribution is -2.24. The highest BCUT2D eigenvalue weighted by molar-refractivity contribution is 5.84.